The Morgan fingerprint density at radius 1 is 1.08 bits per heavy atom. The average molecular weight is 532 g/mol. The van der Waals surface area contributed by atoms with Gasteiger partial charge in [0, 0.05) is 5.56 Å². The smallest absolute Gasteiger partial charge is 0.548 e. The summed E-state index contributed by atoms with van der Waals surface area (Å²) in [4.78, 5) is 24.9. The number of benzene rings is 2. The number of nitrogens with one attached hydrogen (secondary N) is 1. The average Bonchev–Trinajstić information content (AvgIpc) is 2.91. The molecule has 0 aromatic heterocycles. The Bertz CT molecular complexity index is 1020. The van der Waals surface area contributed by atoms with Crippen molar-refractivity contribution in [2.24, 2.45) is 5.92 Å². The number of aliphatic carboxylic acids is 1. The van der Waals surface area contributed by atoms with Crippen molar-refractivity contribution in [2.45, 2.75) is 90.4 Å². The molecule has 38 heavy (non-hydrogen) atoms. The molecule has 1 aliphatic carbocycles. The number of unbranched alkanes of at least 4 members (excludes halogenated alkanes) is 1. The van der Waals surface area contributed by atoms with Crippen molar-refractivity contribution < 1.29 is 38.3 Å². The van der Waals surface area contributed by atoms with E-state index in [1.165, 1.54) is 38.5 Å². The fourth-order valence-corrected chi connectivity index (χ4v) is 5.74. The second-order valence-electron chi connectivity index (χ2n) is 10.2. The van der Waals surface area contributed by atoms with E-state index in [-0.39, 0.29) is 25.0 Å². The summed E-state index contributed by atoms with van der Waals surface area (Å²) in [5, 5.41) is 14.3. The zero-order valence-electron chi connectivity index (χ0n) is 23.6. The molecule has 0 saturated heterocycles. The summed E-state index contributed by atoms with van der Waals surface area (Å²) >= 11 is 1.54. The van der Waals surface area contributed by atoms with Crippen molar-refractivity contribution in [3.8, 4) is 11.1 Å². The van der Waals surface area contributed by atoms with Crippen LogP contribution in [-0.2, 0) is 16.1 Å². The topological polar surface area (TPSA) is 78.5 Å². The SMILES string of the molecule is CCCCC(OCc1ccc(C(=O)N[C@@H](CCSC)C(=O)[O-])c(-c2ccccc2C)c1)C1CCCCC1.[Li+]. The molecule has 1 fully saturated rings. The minimum absolute atomic E-state index is 0. The zero-order chi connectivity index (χ0) is 26.6. The van der Waals surface area contributed by atoms with Crippen LogP contribution in [0.25, 0.3) is 11.1 Å². The second-order valence-corrected chi connectivity index (χ2v) is 11.2. The van der Waals surface area contributed by atoms with Gasteiger partial charge in [0.2, 0.25) is 0 Å². The van der Waals surface area contributed by atoms with Crippen molar-refractivity contribution in [3.05, 3.63) is 59.2 Å². The predicted molar refractivity (Wildman–Crippen MR) is 151 cm³/mol. The molecule has 0 bridgehead atoms. The van der Waals surface area contributed by atoms with Crippen molar-refractivity contribution in [1.29, 1.82) is 0 Å². The van der Waals surface area contributed by atoms with E-state index in [0.717, 1.165) is 35.1 Å². The number of carbonyl (C=O) groups is 2. The maximum Gasteiger partial charge on any atom is 1.00 e. The second kappa shape index (κ2) is 17.1. The van der Waals surface area contributed by atoms with E-state index in [0.29, 0.717) is 30.3 Å². The predicted octanol–water partition coefficient (Wildman–Crippen LogP) is 2.92. The normalized spacial score (nSPS) is 15.3. The third kappa shape index (κ3) is 9.49. The van der Waals surface area contributed by atoms with E-state index < -0.39 is 17.9 Å². The third-order valence-electron chi connectivity index (χ3n) is 7.45. The van der Waals surface area contributed by atoms with Crippen LogP contribution in [0.15, 0.2) is 42.5 Å². The molecule has 0 aliphatic heterocycles. The Hall–Kier alpha value is -1.71. The molecule has 202 valence electrons. The van der Waals surface area contributed by atoms with E-state index in [1.54, 1.807) is 17.8 Å². The minimum Gasteiger partial charge on any atom is -0.548 e. The van der Waals surface area contributed by atoms with E-state index in [9.17, 15) is 14.7 Å². The fraction of sp³-hybridized carbons (Fsp3) is 0.548. The van der Waals surface area contributed by atoms with Crippen molar-refractivity contribution in [2.75, 3.05) is 12.0 Å². The number of carboxylic acid groups (broad SMARTS) is 1. The number of hydrogen-bond donors (Lipinski definition) is 1. The van der Waals surface area contributed by atoms with Gasteiger partial charge in [0.1, 0.15) is 0 Å². The van der Waals surface area contributed by atoms with E-state index >= 15 is 0 Å². The van der Waals surface area contributed by atoms with Crippen LogP contribution in [0.5, 0.6) is 0 Å². The summed E-state index contributed by atoms with van der Waals surface area (Å²) in [6, 6.07) is 12.7. The number of hydrogen-bond acceptors (Lipinski definition) is 5. The van der Waals surface area contributed by atoms with Crippen LogP contribution in [0.4, 0.5) is 0 Å². The maximum absolute atomic E-state index is 13.3. The molecule has 1 saturated carbocycles. The zero-order valence-corrected chi connectivity index (χ0v) is 24.4. The molecule has 5 nitrogen and oxygen atoms in total. The van der Waals surface area contributed by atoms with Crippen molar-refractivity contribution >= 4 is 23.6 Å². The molecule has 1 N–H and O–H groups in total. The molecule has 0 spiro atoms. The van der Waals surface area contributed by atoms with Gasteiger partial charge < -0.3 is 20.0 Å². The first-order chi connectivity index (χ1) is 17.9. The Morgan fingerprint density at radius 2 is 1.82 bits per heavy atom. The number of carbonyl (C=O) groups excluding carboxylic acids is 2. The van der Waals surface area contributed by atoms with Gasteiger partial charge in [-0.05, 0) is 84.9 Å². The van der Waals surface area contributed by atoms with Crippen LogP contribution in [0.1, 0.15) is 86.2 Å². The van der Waals surface area contributed by atoms with Gasteiger partial charge in [0.25, 0.3) is 5.91 Å². The number of aryl methyl sites for hydroxylation is 1. The Kier molecular flexibility index (Phi) is 14.6. The van der Waals surface area contributed by atoms with Crippen LogP contribution >= 0.6 is 11.8 Å². The molecule has 0 heterocycles. The van der Waals surface area contributed by atoms with Crippen LogP contribution in [0.3, 0.4) is 0 Å². The molecule has 3 rings (SSSR count). The molecule has 1 aliphatic rings. The maximum atomic E-state index is 13.3. The molecule has 2 aromatic rings. The molecule has 7 heteroatoms. The van der Waals surface area contributed by atoms with E-state index in [4.69, 9.17) is 4.74 Å². The molecule has 1 unspecified atom stereocenters. The van der Waals surface area contributed by atoms with Crippen LogP contribution in [-0.4, -0.2) is 36.0 Å². The number of amides is 1. The molecular weight excluding hydrogens is 489 g/mol. The third-order valence-corrected chi connectivity index (χ3v) is 8.09. The summed E-state index contributed by atoms with van der Waals surface area (Å²) in [6.07, 6.45) is 12.3. The number of thioether (sulfide) groups is 1. The summed E-state index contributed by atoms with van der Waals surface area (Å²) in [7, 11) is 0. The van der Waals surface area contributed by atoms with Gasteiger partial charge in [-0.2, -0.15) is 11.8 Å². The molecule has 2 atom stereocenters. The van der Waals surface area contributed by atoms with Gasteiger partial charge in [-0.15, -0.1) is 0 Å². The number of carboxylic acids is 1. The first-order valence-electron chi connectivity index (χ1n) is 13.8. The Morgan fingerprint density at radius 3 is 2.47 bits per heavy atom. The molecule has 2 aromatic carbocycles. The summed E-state index contributed by atoms with van der Waals surface area (Å²) in [5.74, 6) is -0.404. The van der Waals surface area contributed by atoms with Crippen LogP contribution in [0.2, 0.25) is 0 Å². The fourth-order valence-electron chi connectivity index (χ4n) is 5.27. The van der Waals surface area contributed by atoms with Gasteiger partial charge in [-0.1, -0.05) is 69.4 Å². The quantitative estimate of drug-likeness (QED) is 0.380. The summed E-state index contributed by atoms with van der Waals surface area (Å²) < 4.78 is 6.54. The van der Waals surface area contributed by atoms with Gasteiger partial charge in [0.05, 0.1) is 24.7 Å². The van der Waals surface area contributed by atoms with Gasteiger partial charge in [-0.25, -0.2) is 0 Å². The molecule has 0 radical (unpaired) electrons. The first-order valence-corrected chi connectivity index (χ1v) is 15.1. The van der Waals surface area contributed by atoms with Gasteiger partial charge in [0.15, 0.2) is 0 Å². The van der Waals surface area contributed by atoms with E-state index in [2.05, 4.69) is 12.2 Å². The summed E-state index contributed by atoms with van der Waals surface area (Å²) in [6.45, 7) is 4.75. The number of rotatable bonds is 14. The summed E-state index contributed by atoms with van der Waals surface area (Å²) in [5.41, 5.74) is 4.28. The minimum atomic E-state index is -1.26. The van der Waals surface area contributed by atoms with Gasteiger partial charge >= 0.3 is 18.9 Å². The Balaban J connectivity index is 0.00000507. The standard InChI is InChI=1S/C31H43NO4S.Li/c1-4-5-15-29(24-12-7-6-8-13-24)36-21-23-16-17-26(27(20-23)25-14-10-9-11-22(25)2)30(33)32-28(31(34)35)18-19-37-3;/h9-11,14,16-17,20,24,28-29H,4-8,12-13,15,18-19,21H2,1-3H3,(H,32,33)(H,34,35);/q;+1/p-1/t28-,29?;/m0./s1. The monoisotopic (exact) mass is 531 g/mol. The number of ether oxygens (including phenoxy) is 1. The molecular formula is C31H42LiNO4S. The van der Waals surface area contributed by atoms with E-state index in [1.807, 2.05) is 49.6 Å². The Labute approximate surface area is 245 Å². The largest absolute Gasteiger partial charge is 1.00 e. The van der Waals surface area contributed by atoms with Gasteiger partial charge in [-0.3, -0.25) is 4.79 Å². The van der Waals surface area contributed by atoms with Crippen LogP contribution < -0.4 is 29.3 Å². The van der Waals surface area contributed by atoms with Crippen LogP contribution in [0, 0.1) is 12.8 Å². The molecule has 1 amide bonds. The van der Waals surface area contributed by atoms with Crippen molar-refractivity contribution in [1.82, 2.24) is 5.32 Å². The van der Waals surface area contributed by atoms with Crippen molar-refractivity contribution in [3.63, 3.8) is 0 Å². The first kappa shape index (κ1) is 32.5.